The standard InChI is InChI=1S/C12H12BrNO3/c13-9-6-11-10(16-7-17-11)5-8(9)1-2-12-14-3-4-15-12/h5-6H,1-4,7H2. The van der Waals surface area contributed by atoms with Crippen molar-refractivity contribution in [1.29, 1.82) is 0 Å². The third-order valence-electron chi connectivity index (χ3n) is 2.80. The Morgan fingerprint density at radius 1 is 1.12 bits per heavy atom. The van der Waals surface area contributed by atoms with Crippen molar-refractivity contribution in [3.8, 4) is 11.5 Å². The Balaban J connectivity index is 1.74. The second-order valence-corrected chi connectivity index (χ2v) is 4.78. The minimum Gasteiger partial charge on any atom is -0.479 e. The van der Waals surface area contributed by atoms with Crippen LogP contribution in [0.2, 0.25) is 0 Å². The third-order valence-corrected chi connectivity index (χ3v) is 3.54. The van der Waals surface area contributed by atoms with Gasteiger partial charge in [0.25, 0.3) is 0 Å². The Kier molecular flexibility index (Phi) is 2.93. The molecule has 0 unspecified atom stereocenters. The number of ether oxygens (including phenoxy) is 3. The lowest BCUT2D eigenvalue weighted by Crippen LogP contribution is -2.01. The summed E-state index contributed by atoms with van der Waals surface area (Å²) in [6.07, 6.45) is 1.72. The SMILES string of the molecule is Brc1cc2c(cc1CCC1=NCCO1)OCO2. The molecule has 0 spiro atoms. The highest BCUT2D eigenvalue weighted by molar-refractivity contribution is 9.10. The number of rotatable bonds is 3. The van der Waals surface area contributed by atoms with Crippen molar-refractivity contribution < 1.29 is 14.2 Å². The van der Waals surface area contributed by atoms with Crippen LogP contribution >= 0.6 is 15.9 Å². The molecule has 5 heteroatoms. The lowest BCUT2D eigenvalue weighted by Gasteiger charge is -2.06. The highest BCUT2D eigenvalue weighted by atomic mass is 79.9. The van der Waals surface area contributed by atoms with E-state index in [0.29, 0.717) is 6.79 Å². The van der Waals surface area contributed by atoms with Gasteiger partial charge in [0.15, 0.2) is 17.4 Å². The monoisotopic (exact) mass is 297 g/mol. The van der Waals surface area contributed by atoms with Crippen molar-refractivity contribution in [2.75, 3.05) is 19.9 Å². The smallest absolute Gasteiger partial charge is 0.231 e. The molecule has 2 heterocycles. The van der Waals surface area contributed by atoms with Crippen LogP contribution in [0.4, 0.5) is 0 Å². The molecule has 2 aliphatic heterocycles. The van der Waals surface area contributed by atoms with Gasteiger partial charge >= 0.3 is 0 Å². The maximum absolute atomic E-state index is 5.39. The molecular formula is C12H12BrNO3. The van der Waals surface area contributed by atoms with Gasteiger partial charge in [0.05, 0.1) is 6.54 Å². The Bertz CT molecular complexity index is 473. The molecule has 0 amide bonds. The molecule has 0 aromatic heterocycles. The van der Waals surface area contributed by atoms with Crippen LogP contribution in [-0.4, -0.2) is 25.8 Å². The lowest BCUT2D eigenvalue weighted by molar-refractivity contribution is 0.174. The van der Waals surface area contributed by atoms with Gasteiger partial charge in [0, 0.05) is 10.9 Å². The van der Waals surface area contributed by atoms with Gasteiger partial charge in [-0.25, -0.2) is 0 Å². The van der Waals surface area contributed by atoms with Crippen molar-refractivity contribution in [1.82, 2.24) is 0 Å². The maximum atomic E-state index is 5.39. The van der Waals surface area contributed by atoms with E-state index in [1.54, 1.807) is 0 Å². The number of benzene rings is 1. The van der Waals surface area contributed by atoms with E-state index in [1.165, 1.54) is 5.56 Å². The summed E-state index contributed by atoms with van der Waals surface area (Å²) in [5.41, 5.74) is 1.19. The summed E-state index contributed by atoms with van der Waals surface area (Å²) < 4.78 is 17.1. The number of halogens is 1. The minimum atomic E-state index is 0.307. The number of hydrogen-bond donors (Lipinski definition) is 0. The van der Waals surface area contributed by atoms with Crippen LogP contribution in [0, 0.1) is 0 Å². The molecule has 90 valence electrons. The van der Waals surface area contributed by atoms with Crippen LogP contribution in [0.3, 0.4) is 0 Å². The summed E-state index contributed by atoms with van der Waals surface area (Å²) in [5, 5.41) is 0. The van der Waals surface area contributed by atoms with E-state index in [1.807, 2.05) is 12.1 Å². The molecule has 0 atom stereocenters. The van der Waals surface area contributed by atoms with Crippen molar-refractivity contribution in [2.45, 2.75) is 12.8 Å². The van der Waals surface area contributed by atoms with Gasteiger partial charge in [-0.3, -0.25) is 4.99 Å². The summed E-state index contributed by atoms with van der Waals surface area (Å²) >= 11 is 3.54. The molecule has 17 heavy (non-hydrogen) atoms. The fourth-order valence-electron chi connectivity index (χ4n) is 1.92. The average molecular weight is 298 g/mol. The Labute approximate surface area is 108 Å². The predicted molar refractivity (Wildman–Crippen MR) is 66.8 cm³/mol. The molecule has 0 saturated heterocycles. The summed E-state index contributed by atoms with van der Waals surface area (Å²) in [6.45, 7) is 1.82. The third kappa shape index (κ3) is 2.24. The molecule has 0 fully saturated rings. The quantitative estimate of drug-likeness (QED) is 0.861. The summed E-state index contributed by atoms with van der Waals surface area (Å²) in [4.78, 5) is 4.28. The Morgan fingerprint density at radius 2 is 1.94 bits per heavy atom. The molecule has 2 aliphatic rings. The molecule has 0 N–H and O–H groups in total. The highest BCUT2D eigenvalue weighted by Gasteiger charge is 2.17. The number of aliphatic imine (C=N–C) groups is 1. The predicted octanol–water partition coefficient (Wildman–Crippen LogP) is 2.54. The van der Waals surface area contributed by atoms with Crippen LogP contribution in [-0.2, 0) is 11.2 Å². The number of aryl methyl sites for hydroxylation is 1. The van der Waals surface area contributed by atoms with Crippen LogP contribution in [0.1, 0.15) is 12.0 Å². The lowest BCUT2D eigenvalue weighted by atomic mass is 10.1. The van der Waals surface area contributed by atoms with E-state index in [-0.39, 0.29) is 0 Å². The Morgan fingerprint density at radius 3 is 2.71 bits per heavy atom. The molecule has 0 saturated carbocycles. The van der Waals surface area contributed by atoms with Gasteiger partial charge in [-0.05, 0) is 24.1 Å². The molecule has 0 aliphatic carbocycles. The average Bonchev–Trinajstić information content (AvgIpc) is 2.95. The van der Waals surface area contributed by atoms with Crippen LogP contribution in [0.15, 0.2) is 21.6 Å². The number of nitrogens with zero attached hydrogens (tertiary/aromatic N) is 1. The van der Waals surface area contributed by atoms with E-state index in [0.717, 1.165) is 47.9 Å². The Hall–Kier alpha value is -1.23. The van der Waals surface area contributed by atoms with E-state index < -0.39 is 0 Å². The fraction of sp³-hybridized carbons (Fsp3) is 0.417. The van der Waals surface area contributed by atoms with E-state index in [4.69, 9.17) is 14.2 Å². The molecule has 1 aromatic carbocycles. The highest BCUT2D eigenvalue weighted by Crippen LogP contribution is 2.37. The topological polar surface area (TPSA) is 40.0 Å². The van der Waals surface area contributed by atoms with Crippen molar-refractivity contribution >= 4 is 21.8 Å². The molecule has 0 bridgehead atoms. The number of fused-ring (bicyclic) bond motifs is 1. The zero-order valence-corrected chi connectivity index (χ0v) is 10.8. The largest absolute Gasteiger partial charge is 0.479 e. The first-order valence-electron chi connectivity index (χ1n) is 5.57. The fourth-order valence-corrected chi connectivity index (χ4v) is 2.44. The normalized spacial score (nSPS) is 16.9. The minimum absolute atomic E-state index is 0.307. The van der Waals surface area contributed by atoms with Crippen molar-refractivity contribution in [2.24, 2.45) is 4.99 Å². The van der Waals surface area contributed by atoms with Gasteiger partial charge in [-0.1, -0.05) is 15.9 Å². The van der Waals surface area contributed by atoms with Crippen LogP contribution < -0.4 is 9.47 Å². The first-order chi connectivity index (χ1) is 8.33. The van der Waals surface area contributed by atoms with Crippen molar-refractivity contribution in [3.63, 3.8) is 0 Å². The molecule has 0 radical (unpaired) electrons. The van der Waals surface area contributed by atoms with Crippen LogP contribution in [0.5, 0.6) is 11.5 Å². The van der Waals surface area contributed by atoms with Gasteiger partial charge in [-0.15, -0.1) is 0 Å². The maximum Gasteiger partial charge on any atom is 0.231 e. The van der Waals surface area contributed by atoms with E-state index in [9.17, 15) is 0 Å². The second kappa shape index (κ2) is 4.56. The van der Waals surface area contributed by atoms with Gasteiger partial charge in [0.2, 0.25) is 6.79 Å². The van der Waals surface area contributed by atoms with Gasteiger partial charge in [-0.2, -0.15) is 0 Å². The van der Waals surface area contributed by atoms with Crippen LogP contribution in [0.25, 0.3) is 0 Å². The van der Waals surface area contributed by atoms with E-state index in [2.05, 4.69) is 20.9 Å². The molecular weight excluding hydrogens is 286 g/mol. The summed E-state index contributed by atoms with van der Waals surface area (Å²) in [6, 6.07) is 3.97. The first kappa shape index (κ1) is 10.9. The van der Waals surface area contributed by atoms with E-state index >= 15 is 0 Å². The van der Waals surface area contributed by atoms with Gasteiger partial charge < -0.3 is 14.2 Å². The summed E-state index contributed by atoms with van der Waals surface area (Å²) in [5.74, 6) is 2.47. The summed E-state index contributed by atoms with van der Waals surface area (Å²) in [7, 11) is 0. The number of hydrogen-bond acceptors (Lipinski definition) is 4. The van der Waals surface area contributed by atoms with Crippen molar-refractivity contribution in [3.05, 3.63) is 22.2 Å². The second-order valence-electron chi connectivity index (χ2n) is 3.92. The van der Waals surface area contributed by atoms with Gasteiger partial charge in [0.1, 0.15) is 6.61 Å². The zero-order chi connectivity index (χ0) is 11.7. The molecule has 4 nitrogen and oxygen atoms in total. The first-order valence-corrected chi connectivity index (χ1v) is 6.36. The molecule has 1 aromatic rings. The zero-order valence-electron chi connectivity index (χ0n) is 9.24. The molecule has 3 rings (SSSR count).